The second-order valence-electron chi connectivity index (χ2n) is 4.90. The van der Waals surface area contributed by atoms with Crippen molar-refractivity contribution in [1.82, 2.24) is 5.32 Å². The number of halogens is 1. The number of hydrogen-bond donors (Lipinski definition) is 2. The molecule has 5 nitrogen and oxygen atoms in total. The van der Waals surface area contributed by atoms with Crippen LogP contribution in [0.5, 0.6) is 0 Å². The largest absolute Gasteiger partial charge is 0.423 e. The van der Waals surface area contributed by atoms with Gasteiger partial charge in [0.15, 0.2) is 5.11 Å². The minimum absolute atomic E-state index is 0.174. The number of fused-ring (bicyclic) bond motifs is 1. The van der Waals surface area contributed by atoms with E-state index in [1.165, 1.54) is 6.07 Å². The van der Waals surface area contributed by atoms with Gasteiger partial charge in [-0.05, 0) is 64.5 Å². The Morgan fingerprint density at radius 3 is 2.67 bits per heavy atom. The van der Waals surface area contributed by atoms with Gasteiger partial charge in [-0.3, -0.25) is 10.1 Å². The van der Waals surface area contributed by atoms with Gasteiger partial charge in [-0.15, -0.1) is 0 Å². The summed E-state index contributed by atoms with van der Waals surface area (Å²) >= 11 is 8.49. The van der Waals surface area contributed by atoms with Crippen LogP contribution < -0.4 is 16.3 Å². The van der Waals surface area contributed by atoms with E-state index >= 15 is 0 Å². The predicted octanol–water partition coefficient (Wildman–Crippen LogP) is 3.68. The fourth-order valence-corrected chi connectivity index (χ4v) is 2.80. The summed E-state index contributed by atoms with van der Waals surface area (Å²) in [7, 11) is 0. The Hall–Kier alpha value is -2.51. The van der Waals surface area contributed by atoms with Gasteiger partial charge in [0, 0.05) is 21.6 Å². The van der Waals surface area contributed by atoms with E-state index in [0.717, 1.165) is 5.39 Å². The van der Waals surface area contributed by atoms with Crippen molar-refractivity contribution >= 4 is 55.8 Å². The van der Waals surface area contributed by atoms with Crippen LogP contribution >= 0.6 is 28.1 Å². The van der Waals surface area contributed by atoms with Crippen molar-refractivity contribution < 1.29 is 9.21 Å². The molecule has 0 fully saturated rings. The Bertz CT molecular complexity index is 1000. The van der Waals surface area contributed by atoms with Crippen LogP contribution in [0.4, 0.5) is 5.69 Å². The lowest BCUT2D eigenvalue weighted by atomic mass is 10.2. The lowest BCUT2D eigenvalue weighted by Crippen LogP contribution is -2.34. The fourth-order valence-electron chi connectivity index (χ4n) is 2.13. The van der Waals surface area contributed by atoms with Gasteiger partial charge >= 0.3 is 5.63 Å². The summed E-state index contributed by atoms with van der Waals surface area (Å²) < 4.78 is 5.75. The highest BCUT2D eigenvalue weighted by atomic mass is 79.9. The normalized spacial score (nSPS) is 10.4. The highest BCUT2D eigenvalue weighted by molar-refractivity contribution is 9.10. The van der Waals surface area contributed by atoms with Gasteiger partial charge in [0.2, 0.25) is 0 Å². The molecule has 1 amide bonds. The summed E-state index contributed by atoms with van der Waals surface area (Å²) in [4.78, 5) is 23.4. The molecule has 24 heavy (non-hydrogen) atoms. The van der Waals surface area contributed by atoms with E-state index in [1.54, 1.807) is 42.5 Å². The predicted molar refractivity (Wildman–Crippen MR) is 100 cm³/mol. The van der Waals surface area contributed by atoms with Gasteiger partial charge in [-0.25, -0.2) is 4.79 Å². The monoisotopic (exact) mass is 402 g/mol. The molecule has 3 aromatic rings. The van der Waals surface area contributed by atoms with Gasteiger partial charge in [-0.1, -0.05) is 12.1 Å². The van der Waals surface area contributed by atoms with Gasteiger partial charge in [0.25, 0.3) is 5.91 Å². The maximum Gasteiger partial charge on any atom is 0.336 e. The zero-order valence-electron chi connectivity index (χ0n) is 12.2. The number of nitrogens with one attached hydrogen (secondary N) is 2. The fraction of sp³-hybridized carbons (Fsp3) is 0. The summed E-state index contributed by atoms with van der Waals surface area (Å²) in [6, 6.07) is 15.2. The number of amides is 1. The van der Waals surface area contributed by atoms with Crippen molar-refractivity contribution in [3.05, 3.63) is 75.1 Å². The first-order chi connectivity index (χ1) is 11.5. The molecular formula is C17H11BrN2O3S. The molecule has 1 aromatic heterocycles. The van der Waals surface area contributed by atoms with E-state index in [9.17, 15) is 9.59 Å². The summed E-state index contributed by atoms with van der Waals surface area (Å²) in [5.41, 5.74) is 1.24. The lowest BCUT2D eigenvalue weighted by molar-refractivity contribution is 0.0977. The minimum Gasteiger partial charge on any atom is -0.423 e. The molecule has 0 aliphatic carbocycles. The van der Waals surface area contributed by atoms with Crippen molar-refractivity contribution in [2.75, 3.05) is 5.32 Å². The molecule has 0 saturated carbocycles. The Kier molecular flexibility index (Phi) is 4.73. The minimum atomic E-state index is -0.403. The average molecular weight is 403 g/mol. The molecule has 1 heterocycles. The molecule has 0 unspecified atom stereocenters. The number of benzene rings is 2. The Balaban J connectivity index is 1.73. The molecule has 0 saturated heterocycles. The second-order valence-corrected chi connectivity index (χ2v) is 6.16. The number of anilines is 1. The molecule has 7 heteroatoms. The van der Waals surface area contributed by atoms with Crippen molar-refractivity contribution in [3.63, 3.8) is 0 Å². The lowest BCUT2D eigenvalue weighted by Gasteiger charge is -2.10. The maximum atomic E-state index is 12.2. The van der Waals surface area contributed by atoms with Crippen molar-refractivity contribution in [1.29, 1.82) is 0 Å². The number of rotatable bonds is 2. The van der Waals surface area contributed by atoms with Crippen molar-refractivity contribution in [2.45, 2.75) is 0 Å². The highest BCUT2D eigenvalue weighted by Gasteiger charge is 2.11. The molecule has 0 aliphatic rings. The van der Waals surface area contributed by atoms with Crippen LogP contribution in [0.3, 0.4) is 0 Å². The standard InChI is InChI=1S/C17H11BrN2O3S/c18-13-4-2-1-3-12(13)16(22)20-17(24)19-11-6-7-14-10(9-11)5-8-15(21)23-14/h1-9H,(H2,19,20,22,24). The van der Waals surface area contributed by atoms with Crippen LogP contribution in [0.15, 0.2) is 68.3 Å². The van der Waals surface area contributed by atoms with Crippen LogP contribution in [-0.2, 0) is 0 Å². The van der Waals surface area contributed by atoms with Crippen molar-refractivity contribution in [2.24, 2.45) is 0 Å². The van der Waals surface area contributed by atoms with Gasteiger partial charge < -0.3 is 9.73 Å². The number of carbonyl (C=O) groups excluding carboxylic acids is 1. The van der Waals surface area contributed by atoms with Crippen LogP contribution in [0, 0.1) is 0 Å². The number of hydrogen-bond acceptors (Lipinski definition) is 4. The zero-order valence-corrected chi connectivity index (χ0v) is 14.6. The summed E-state index contributed by atoms with van der Waals surface area (Å²) in [6.45, 7) is 0. The quantitative estimate of drug-likeness (QED) is 0.505. The summed E-state index contributed by atoms with van der Waals surface area (Å²) in [6.07, 6.45) is 0. The van der Waals surface area contributed by atoms with Crippen molar-refractivity contribution in [3.8, 4) is 0 Å². The molecule has 0 aliphatic heterocycles. The van der Waals surface area contributed by atoms with E-state index in [-0.39, 0.29) is 11.0 Å². The van der Waals surface area contributed by atoms with E-state index < -0.39 is 5.63 Å². The molecule has 2 N–H and O–H groups in total. The highest BCUT2D eigenvalue weighted by Crippen LogP contribution is 2.18. The third-order valence-corrected chi connectivity index (χ3v) is 4.12. The maximum absolute atomic E-state index is 12.2. The van der Waals surface area contributed by atoms with E-state index in [2.05, 4.69) is 26.6 Å². The molecule has 120 valence electrons. The Morgan fingerprint density at radius 2 is 1.88 bits per heavy atom. The van der Waals surface area contributed by atoms with Gasteiger partial charge in [0.05, 0.1) is 5.56 Å². The molecular weight excluding hydrogens is 392 g/mol. The van der Waals surface area contributed by atoms with Crippen LogP contribution in [0.25, 0.3) is 11.0 Å². The topological polar surface area (TPSA) is 71.3 Å². The molecule has 0 radical (unpaired) electrons. The molecule has 0 atom stereocenters. The van der Waals surface area contributed by atoms with Gasteiger partial charge in [-0.2, -0.15) is 0 Å². The second kappa shape index (κ2) is 6.94. The van der Waals surface area contributed by atoms with Crippen LogP contribution in [0.2, 0.25) is 0 Å². The van der Waals surface area contributed by atoms with Crippen LogP contribution in [0.1, 0.15) is 10.4 Å². The molecule has 0 spiro atoms. The molecule has 0 bridgehead atoms. The van der Waals surface area contributed by atoms with E-state index in [4.69, 9.17) is 16.6 Å². The average Bonchev–Trinajstić information content (AvgIpc) is 2.55. The van der Waals surface area contributed by atoms with E-state index in [1.807, 2.05) is 6.07 Å². The first-order valence-electron chi connectivity index (χ1n) is 6.94. The smallest absolute Gasteiger partial charge is 0.336 e. The summed E-state index contributed by atoms with van der Waals surface area (Å²) in [5.74, 6) is -0.313. The first kappa shape index (κ1) is 16.4. The van der Waals surface area contributed by atoms with E-state index in [0.29, 0.717) is 21.3 Å². The van der Waals surface area contributed by atoms with Gasteiger partial charge in [0.1, 0.15) is 5.58 Å². The molecule has 2 aromatic carbocycles. The first-order valence-corrected chi connectivity index (χ1v) is 8.14. The SMILES string of the molecule is O=C(NC(=S)Nc1ccc2oc(=O)ccc2c1)c1ccccc1Br. The molecule has 3 rings (SSSR count). The number of carbonyl (C=O) groups is 1. The zero-order chi connectivity index (χ0) is 17.1. The summed E-state index contributed by atoms with van der Waals surface area (Å²) in [5, 5.41) is 6.48. The number of thiocarbonyl (C=S) groups is 1. The third kappa shape index (κ3) is 3.69. The Morgan fingerprint density at radius 1 is 1.08 bits per heavy atom. The third-order valence-electron chi connectivity index (χ3n) is 3.22. The van der Waals surface area contributed by atoms with Crippen LogP contribution in [-0.4, -0.2) is 11.0 Å². The Labute approximate surface area is 150 Å².